The van der Waals surface area contributed by atoms with Crippen molar-refractivity contribution in [2.45, 2.75) is 50.2 Å². The van der Waals surface area contributed by atoms with Crippen molar-refractivity contribution in [3.8, 4) is 11.5 Å². The van der Waals surface area contributed by atoms with Crippen LogP contribution in [0.3, 0.4) is 0 Å². The number of halogens is 1. The lowest BCUT2D eigenvalue weighted by molar-refractivity contribution is -0.0337. The van der Waals surface area contributed by atoms with Gasteiger partial charge in [0.15, 0.2) is 11.5 Å². The molecule has 0 spiro atoms. The second-order valence-electron chi connectivity index (χ2n) is 9.63. The van der Waals surface area contributed by atoms with Gasteiger partial charge in [-0.25, -0.2) is 0 Å². The number of nitrogens with zero attached hydrogens (tertiary/aromatic N) is 2. The van der Waals surface area contributed by atoms with E-state index in [1.54, 1.807) is 7.11 Å². The van der Waals surface area contributed by atoms with Crippen LogP contribution < -0.4 is 9.47 Å². The molecule has 2 aliphatic rings. The highest BCUT2D eigenvalue weighted by Gasteiger charge is 2.40. The van der Waals surface area contributed by atoms with Gasteiger partial charge in [0.25, 0.3) is 0 Å². The van der Waals surface area contributed by atoms with E-state index in [2.05, 4.69) is 57.0 Å². The number of likely N-dealkylation sites (N-methyl/N-ethyl adjacent to an activating group) is 1. The molecule has 1 saturated heterocycles. The predicted octanol–water partition coefficient (Wildman–Crippen LogP) is 5.06. The molecule has 0 bridgehead atoms. The predicted molar refractivity (Wildman–Crippen MR) is 136 cm³/mol. The van der Waals surface area contributed by atoms with Crippen LogP contribution in [0.4, 0.5) is 0 Å². The van der Waals surface area contributed by atoms with Gasteiger partial charge < -0.3 is 24.4 Å². The van der Waals surface area contributed by atoms with Crippen LogP contribution >= 0.6 is 15.9 Å². The number of hydrogen-bond acceptors (Lipinski definition) is 5. The van der Waals surface area contributed by atoms with Crippen molar-refractivity contribution < 1.29 is 14.6 Å². The van der Waals surface area contributed by atoms with Gasteiger partial charge in [0.05, 0.1) is 17.2 Å². The maximum absolute atomic E-state index is 11.8. The monoisotopic (exact) mass is 516 g/mol. The number of methoxy groups -OCH3 is 1. The molecule has 2 fully saturated rings. The highest BCUT2D eigenvalue weighted by molar-refractivity contribution is 9.10. The standard InChI is InChI=1S/C27H37BrN2O3/c1-29-13-15-30(16-14-29)19-23(27(31)11-7-4-8-12-27)22-17-24(28)26(25(18-22)32-2)33-20-21-9-5-3-6-10-21/h3,5-6,9-10,17-18,23,31H,4,7-8,11-16,19-20H2,1-2H3. The molecule has 2 aromatic rings. The maximum atomic E-state index is 11.8. The van der Waals surface area contributed by atoms with Crippen LogP contribution in [0.15, 0.2) is 46.9 Å². The first-order chi connectivity index (χ1) is 16.0. The number of rotatable bonds is 8. The van der Waals surface area contributed by atoms with E-state index in [0.29, 0.717) is 18.1 Å². The Morgan fingerprint density at radius 3 is 2.39 bits per heavy atom. The van der Waals surface area contributed by atoms with E-state index in [-0.39, 0.29) is 5.92 Å². The minimum atomic E-state index is -0.682. The Kier molecular flexibility index (Phi) is 8.34. The van der Waals surface area contributed by atoms with Gasteiger partial charge in [-0.3, -0.25) is 0 Å². The number of hydrogen-bond donors (Lipinski definition) is 1. The van der Waals surface area contributed by atoms with Crippen molar-refractivity contribution in [2.75, 3.05) is 46.9 Å². The second-order valence-corrected chi connectivity index (χ2v) is 10.5. The third-order valence-electron chi connectivity index (χ3n) is 7.28. The molecule has 2 aromatic carbocycles. The normalized spacial score (nSPS) is 20.4. The molecule has 0 radical (unpaired) electrons. The smallest absolute Gasteiger partial charge is 0.175 e. The lowest BCUT2D eigenvalue weighted by Crippen LogP contribution is -2.50. The first-order valence-electron chi connectivity index (χ1n) is 12.2. The fourth-order valence-electron chi connectivity index (χ4n) is 5.20. The molecule has 4 rings (SSSR count). The Balaban J connectivity index is 1.60. The van der Waals surface area contributed by atoms with Gasteiger partial charge in [0, 0.05) is 38.6 Å². The summed E-state index contributed by atoms with van der Waals surface area (Å²) in [5.41, 5.74) is 1.55. The Hall–Kier alpha value is -1.60. The van der Waals surface area contributed by atoms with Crippen molar-refractivity contribution in [3.63, 3.8) is 0 Å². The zero-order chi connectivity index (χ0) is 23.3. The van der Waals surface area contributed by atoms with E-state index >= 15 is 0 Å². The molecular formula is C27H37BrN2O3. The first kappa shape index (κ1) is 24.5. The average Bonchev–Trinajstić information content (AvgIpc) is 2.83. The molecule has 1 aliphatic heterocycles. The van der Waals surface area contributed by atoms with Crippen molar-refractivity contribution in [1.29, 1.82) is 0 Å². The summed E-state index contributed by atoms with van der Waals surface area (Å²) in [7, 11) is 3.87. The van der Waals surface area contributed by atoms with E-state index < -0.39 is 5.60 Å². The van der Waals surface area contributed by atoms with Crippen LogP contribution in [-0.2, 0) is 6.61 Å². The van der Waals surface area contributed by atoms with Gasteiger partial charge in [-0.1, -0.05) is 49.6 Å². The van der Waals surface area contributed by atoms with Crippen LogP contribution in [0.1, 0.15) is 49.1 Å². The molecule has 0 aromatic heterocycles. The quantitative estimate of drug-likeness (QED) is 0.530. The second kappa shape index (κ2) is 11.2. The lowest BCUT2D eigenvalue weighted by atomic mass is 9.72. The third kappa shape index (κ3) is 6.10. The summed E-state index contributed by atoms with van der Waals surface area (Å²) in [5, 5.41) is 11.8. The van der Waals surface area contributed by atoms with Crippen molar-refractivity contribution in [1.82, 2.24) is 9.80 Å². The van der Waals surface area contributed by atoms with Gasteiger partial charge in [0.2, 0.25) is 0 Å². The largest absolute Gasteiger partial charge is 0.493 e. The lowest BCUT2D eigenvalue weighted by Gasteiger charge is -2.43. The Morgan fingerprint density at radius 2 is 1.73 bits per heavy atom. The van der Waals surface area contributed by atoms with Crippen molar-refractivity contribution in [3.05, 3.63) is 58.1 Å². The van der Waals surface area contributed by atoms with E-state index in [0.717, 1.165) is 74.0 Å². The highest BCUT2D eigenvalue weighted by Crippen LogP contribution is 2.45. The summed E-state index contributed by atoms with van der Waals surface area (Å²) >= 11 is 3.75. The average molecular weight is 518 g/mol. The van der Waals surface area contributed by atoms with E-state index in [9.17, 15) is 5.11 Å². The van der Waals surface area contributed by atoms with Gasteiger partial charge in [0.1, 0.15) is 6.61 Å². The molecule has 5 nitrogen and oxygen atoms in total. The fraction of sp³-hybridized carbons (Fsp3) is 0.556. The molecule has 1 unspecified atom stereocenters. The zero-order valence-electron chi connectivity index (χ0n) is 19.9. The number of piperazine rings is 1. The van der Waals surface area contributed by atoms with Gasteiger partial charge in [-0.2, -0.15) is 0 Å². The molecule has 0 amide bonds. The van der Waals surface area contributed by atoms with Crippen LogP contribution in [0.25, 0.3) is 0 Å². The van der Waals surface area contributed by atoms with Crippen LogP contribution in [0.2, 0.25) is 0 Å². The fourth-order valence-corrected chi connectivity index (χ4v) is 5.77. The van der Waals surface area contributed by atoms with Crippen LogP contribution in [0.5, 0.6) is 11.5 Å². The molecule has 1 saturated carbocycles. The topological polar surface area (TPSA) is 45.2 Å². The summed E-state index contributed by atoms with van der Waals surface area (Å²) in [6.07, 6.45) is 5.11. The minimum Gasteiger partial charge on any atom is -0.493 e. The van der Waals surface area contributed by atoms with Crippen LogP contribution in [-0.4, -0.2) is 67.4 Å². The van der Waals surface area contributed by atoms with Crippen LogP contribution in [0, 0.1) is 0 Å². The van der Waals surface area contributed by atoms with Gasteiger partial charge in [-0.15, -0.1) is 0 Å². The minimum absolute atomic E-state index is 0.0366. The van der Waals surface area contributed by atoms with E-state index in [1.807, 2.05) is 18.2 Å². The maximum Gasteiger partial charge on any atom is 0.175 e. The SMILES string of the molecule is COc1cc(C(CN2CCN(C)CC2)C2(O)CCCCC2)cc(Br)c1OCc1ccccc1. The molecule has 1 aliphatic carbocycles. The van der Waals surface area contributed by atoms with E-state index in [4.69, 9.17) is 9.47 Å². The molecule has 1 heterocycles. The summed E-state index contributed by atoms with van der Waals surface area (Å²) in [6.45, 7) is 5.57. The summed E-state index contributed by atoms with van der Waals surface area (Å²) in [5.74, 6) is 1.45. The number of benzene rings is 2. The molecule has 1 atom stereocenters. The summed E-state index contributed by atoms with van der Waals surface area (Å²) in [4.78, 5) is 4.89. The highest BCUT2D eigenvalue weighted by atomic mass is 79.9. The van der Waals surface area contributed by atoms with Crippen molar-refractivity contribution in [2.24, 2.45) is 0 Å². The zero-order valence-corrected chi connectivity index (χ0v) is 21.5. The first-order valence-corrected chi connectivity index (χ1v) is 13.0. The number of aliphatic hydroxyl groups is 1. The Morgan fingerprint density at radius 1 is 1.03 bits per heavy atom. The molecule has 180 valence electrons. The summed E-state index contributed by atoms with van der Waals surface area (Å²) in [6, 6.07) is 14.4. The van der Waals surface area contributed by atoms with E-state index in [1.165, 1.54) is 6.42 Å². The third-order valence-corrected chi connectivity index (χ3v) is 7.87. The summed E-state index contributed by atoms with van der Waals surface area (Å²) < 4.78 is 12.8. The Bertz CT molecular complexity index is 894. The van der Waals surface area contributed by atoms with Gasteiger partial charge >= 0.3 is 0 Å². The Labute approximate surface area is 206 Å². The molecular weight excluding hydrogens is 480 g/mol. The number of ether oxygens (including phenoxy) is 2. The van der Waals surface area contributed by atoms with Gasteiger partial charge in [-0.05, 0) is 59.1 Å². The molecule has 1 N–H and O–H groups in total. The molecule has 33 heavy (non-hydrogen) atoms. The van der Waals surface area contributed by atoms with Crippen molar-refractivity contribution >= 4 is 15.9 Å². The molecule has 6 heteroatoms.